The first-order chi connectivity index (χ1) is 33.0. The van der Waals surface area contributed by atoms with Gasteiger partial charge in [0, 0.05) is 19.3 Å². The number of esters is 3. The topological polar surface area (TPSA) is 78.9 Å². The van der Waals surface area contributed by atoms with Crippen molar-refractivity contribution in [3.63, 3.8) is 0 Å². The van der Waals surface area contributed by atoms with E-state index in [0.29, 0.717) is 19.3 Å². The third-order valence-corrected chi connectivity index (χ3v) is 10.9. The molecule has 0 radical (unpaired) electrons. The summed E-state index contributed by atoms with van der Waals surface area (Å²) < 4.78 is 16.7. The molecule has 0 fully saturated rings. The molecule has 0 aliphatic heterocycles. The molecule has 0 N–H and O–H groups in total. The highest BCUT2D eigenvalue weighted by Crippen LogP contribution is 2.12. The summed E-state index contributed by atoms with van der Waals surface area (Å²) in [5, 5.41) is 0. The Hall–Kier alpha value is -4.19. The third-order valence-electron chi connectivity index (χ3n) is 10.9. The maximum absolute atomic E-state index is 12.8. The predicted molar refractivity (Wildman–Crippen MR) is 288 cm³/mol. The maximum Gasteiger partial charge on any atom is 0.306 e. The van der Waals surface area contributed by atoms with Crippen LogP contribution in [0.15, 0.2) is 122 Å². The molecule has 0 aromatic heterocycles. The lowest BCUT2D eigenvalue weighted by Gasteiger charge is -2.18. The van der Waals surface area contributed by atoms with E-state index in [-0.39, 0.29) is 44.0 Å². The van der Waals surface area contributed by atoms with Gasteiger partial charge in [0.15, 0.2) is 6.10 Å². The van der Waals surface area contributed by atoms with Gasteiger partial charge in [-0.3, -0.25) is 14.4 Å². The molecule has 0 spiro atoms. The van der Waals surface area contributed by atoms with Gasteiger partial charge >= 0.3 is 17.9 Å². The molecule has 0 aliphatic rings. The largest absolute Gasteiger partial charge is 0.462 e. The number of ether oxygens (including phenoxy) is 3. The van der Waals surface area contributed by atoms with Crippen LogP contribution in [0.25, 0.3) is 0 Å². The Morgan fingerprint density at radius 1 is 0.313 bits per heavy atom. The van der Waals surface area contributed by atoms with Gasteiger partial charge in [-0.05, 0) is 116 Å². The first-order valence-corrected chi connectivity index (χ1v) is 27.0. The van der Waals surface area contributed by atoms with Crippen molar-refractivity contribution in [2.24, 2.45) is 0 Å². The minimum atomic E-state index is -0.838. The molecule has 67 heavy (non-hydrogen) atoms. The van der Waals surface area contributed by atoms with E-state index >= 15 is 0 Å². The second-order valence-corrected chi connectivity index (χ2v) is 17.4. The van der Waals surface area contributed by atoms with Crippen LogP contribution in [0.2, 0.25) is 0 Å². The molecule has 0 aromatic carbocycles. The molecule has 1 atom stereocenters. The van der Waals surface area contributed by atoms with Crippen LogP contribution in [0.5, 0.6) is 0 Å². The van der Waals surface area contributed by atoms with E-state index in [1.165, 1.54) is 77.0 Å². The first-order valence-electron chi connectivity index (χ1n) is 27.0. The van der Waals surface area contributed by atoms with E-state index in [9.17, 15) is 14.4 Å². The summed E-state index contributed by atoms with van der Waals surface area (Å²) in [7, 11) is 0. The lowest BCUT2D eigenvalue weighted by atomic mass is 10.1. The average molecular weight is 927 g/mol. The standard InChI is InChI=1S/C61H98O6/c1-4-7-10-13-16-19-22-25-27-29-30-32-33-36-39-42-45-48-51-54-60(63)66-57-58(56-65-59(62)53-50-47-44-41-38-35-24-21-18-15-12-9-6-3)67-61(64)55-52-49-46-43-40-37-34-31-28-26-23-20-17-14-11-8-5-2/h7,10,16-17,19-20,25-28,30,32,34-35,37-38,43-44,46-47,58H,4-6,8-9,11-15,18,21-24,29,31,33,36,39-42,45,48-57H2,1-3H3/b10-7-,19-16-,20-17-,27-25-,28-26-,32-30-,37-34-,38-35-,46-43-,47-44-. The van der Waals surface area contributed by atoms with E-state index in [1.807, 2.05) is 6.08 Å². The van der Waals surface area contributed by atoms with Gasteiger partial charge in [-0.25, -0.2) is 0 Å². The molecule has 0 amide bonds. The van der Waals surface area contributed by atoms with Crippen LogP contribution in [0.1, 0.15) is 226 Å². The first kappa shape index (κ1) is 62.8. The van der Waals surface area contributed by atoms with Gasteiger partial charge in [-0.2, -0.15) is 0 Å². The SMILES string of the molecule is CC/C=C\C/C=C\C/C=C\C/C=C\CCCCCCCCC(=O)OCC(COC(=O)CC/C=C\C/C=C\CCCCCCCC)OC(=O)CCC/C=C\C/C=C\C/C=C\C/C=C\CCCCC. The van der Waals surface area contributed by atoms with Gasteiger partial charge in [0.05, 0.1) is 0 Å². The summed E-state index contributed by atoms with van der Waals surface area (Å²) in [5.41, 5.74) is 0. The summed E-state index contributed by atoms with van der Waals surface area (Å²) >= 11 is 0. The summed E-state index contributed by atoms with van der Waals surface area (Å²) in [6, 6.07) is 0. The molecule has 378 valence electrons. The lowest BCUT2D eigenvalue weighted by Crippen LogP contribution is -2.30. The summed E-state index contributed by atoms with van der Waals surface area (Å²) in [6.07, 6.45) is 74.8. The minimum Gasteiger partial charge on any atom is -0.462 e. The quantitative estimate of drug-likeness (QED) is 0.0262. The summed E-state index contributed by atoms with van der Waals surface area (Å²) in [5.74, 6) is -1.07. The van der Waals surface area contributed by atoms with E-state index in [4.69, 9.17) is 14.2 Å². The highest BCUT2D eigenvalue weighted by atomic mass is 16.6. The number of rotatable bonds is 47. The number of carbonyl (C=O) groups is 3. The van der Waals surface area contributed by atoms with Crippen LogP contribution < -0.4 is 0 Å². The van der Waals surface area contributed by atoms with Crippen LogP contribution in [-0.4, -0.2) is 37.2 Å². The number of carbonyl (C=O) groups excluding carboxylic acids is 3. The maximum atomic E-state index is 12.8. The highest BCUT2D eigenvalue weighted by Gasteiger charge is 2.19. The molecule has 0 aromatic rings. The second-order valence-electron chi connectivity index (χ2n) is 17.4. The molecule has 6 heteroatoms. The molecule has 0 rings (SSSR count). The van der Waals surface area contributed by atoms with E-state index in [1.54, 1.807) is 0 Å². The van der Waals surface area contributed by atoms with Crippen LogP contribution in [-0.2, 0) is 28.6 Å². The molecule has 0 bridgehead atoms. The average Bonchev–Trinajstić information content (AvgIpc) is 3.33. The molecule has 6 nitrogen and oxygen atoms in total. The van der Waals surface area contributed by atoms with Crippen molar-refractivity contribution >= 4 is 17.9 Å². The van der Waals surface area contributed by atoms with Crippen LogP contribution in [0.3, 0.4) is 0 Å². The third kappa shape index (κ3) is 52.6. The van der Waals surface area contributed by atoms with Crippen molar-refractivity contribution < 1.29 is 28.6 Å². The van der Waals surface area contributed by atoms with E-state index in [2.05, 4.69) is 136 Å². The zero-order valence-electron chi connectivity index (χ0n) is 43.1. The summed E-state index contributed by atoms with van der Waals surface area (Å²) in [6.45, 7) is 6.36. The fourth-order valence-electron chi connectivity index (χ4n) is 6.89. The molecule has 0 aliphatic carbocycles. The van der Waals surface area contributed by atoms with Gasteiger partial charge in [0.25, 0.3) is 0 Å². The van der Waals surface area contributed by atoms with Crippen molar-refractivity contribution in [3.8, 4) is 0 Å². The Morgan fingerprint density at radius 2 is 0.627 bits per heavy atom. The normalized spacial score (nSPS) is 13.1. The number of hydrogen-bond donors (Lipinski definition) is 0. The molecule has 0 saturated heterocycles. The highest BCUT2D eigenvalue weighted by molar-refractivity contribution is 5.71. The molecule has 0 heterocycles. The number of allylic oxidation sites excluding steroid dienone is 20. The van der Waals surface area contributed by atoms with Crippen molar-refractivity contribution in [3.05, 3.63) is 122 Å². The molecular formula is C61H98O6. The summed E-state index contributed by atoms with van der Waals surface area (Å²) in [4.78, 5) is 38.0. The Morgan fingerprint density at radius 3 is 1.07 bits per heavy atom. The smallest absolute Gasteiger partial charge is 0.306 e. The van der Waals surface area contributed by atoms with Crippen molar-refractivity contribution in [2.45, 2.75) is 232 Å². The Balaban J connectivity index is 4.56. The monoisotopic (exact) mass is 927 g/mol. The van der Waals surface area contributed by atoms with Crippen molar-refractivity contribution in [1.82, 2.24) is 0 Å². The van der Waals surface area contributed by atoms with Crippen LogP contribution in [0.4, 0.5) is 0 Å². The van der Waals surface area contributed by atoms with E-state index < -0.39 is 6.10 Å². The fraction of sp³-hybridized carbons (Fsp3) is 0.623. The van der Waals surface area contributed by atoms with Crippen molar-refractivity contribution in [1.29, 1.82) is 0 Å². The van der Waals surface area contributed by atoms with E-state index in [0.717, 1.165) is 96.3 Å². The van der Waals surface area contributed by atoms with Crippen LogP contribution >= 0.6 is 0 Å². The second kappa shape index (κ2) is 54.4. The van der Waals surface area contributed by atoms with Gasteiger partial charge in [-0.15, -0.1) is 0 Å². The predicted octanol–water partition coefficient (Wildman–Crippen LogP) is 18.1. The fourth-order valence-corrected chi connectivity index (χ4v) is 6.89. The molecule has 1 unspecified atom stereocenters. The number of unbranched alkanes of at least 4 members (excludes halogenated alkanes) is 16. The Bertz CT molecular complexity index is 1440. The Labute approximate surface area is 412 Å². The Kier molecular flexibility index (Phi) is 51.0. The molecule has 0 saturated carbocycles. The zero-order chi connectivity index (χ0) is 48.6. The van der Waals surface area contributed by atoms with Gasteiger partial charge < -0.3 is 14.2 Å². The zero-order valence-corrected chi connectivity index (χ0v) is 43.1. The molecular weight excluding hydrogens is 829 g/mol. The minimum absolute atomic E-state index is 0.128. The van der Waals surface area contributed by atoms with Gasteiger partial charge in [-0.1, -0.05) is 213 Å². The van der Waals surface area contributed by atoms with Crippen molar-refractivity contribution in [2.75, 3.05) is 13.2 Å². The van der Waals surface area contributed by atoms with Gasteiger partial charge in [0.1, 0.15) is 13.2 Å². The van der Waals surface area contributed by atoms with Crippen LogP contribution in [0, 0.1) is 0 Å². The van der Waals surface area contributed by atoms with Gasteiger partial charge in [0.2, 0.25) is 0 Å². The lowest BCUT2D eigenvalue weighted by molar-refractivity contribution is -0.166. The number of hydrogen-bond acceptors (Lipinski definition) is 6.